The van der Waals surface area contributed by atoms with Gasteiger partial charge in [0, 0.05) is 83.6 Å². The molecule has 0 bridgehead atoms. The number of nitrogens with zero attached hydrogens (tertiary/aromatic N) is 2. The lowest BCUT2D eigenvalue weighted by Crippen LogP contribution is -2.66. The van der Waals surface area contributed by atoms with E-state index in [1.807, 2.05) is 6.92 Å². The van der Waals surface area contributed by atoms with E-state index < -0.39 is 74.3 Å². The number of benzene rings is 2. The summed E-state index contributed by atoms with van der Waals surface area (Å²) in [6.45, 7) is 10.7. The van der Waals surface area contributed by atoms with Crippen molar-refractivity contribution in [3.63, 3.8) is 0 Å². The molecule has 7 N–H and O–H groups in total. The van der Waals surface area contributed by atoms with Gasteiger partial charge in [-0.15, -0.1) is 0 Å². The predicted octanol–water partition coefficient (Wildman–Crippen LogP) is 2.39. The van der Waals surface area contributed by atoms with Gasteiger partial charge in [0.2, 0.25) is 5.78 Å². The number of rotatable bonds is 6. The van der Waals surface area contributed by atoms with Crippen LogP contribution in [-0.2, 0) is 21.4 Å². The Bertz CT molecular complexity index is 1980. The minimum Gasteiger partial charge on any atom is -0.508 e. The molecule has 0 unspecified atom stereocenters. The minimum absolute atomic E-state index is 0.163. The summed E-state index contributed by atoms with van der Waals surface area (Å²) in [4.78, 5) is 57.0. The Morgan fingerprint density at radius 3 is 2.36 bits per heavy atom. The summed E-state index contributed by atoms with van der Waals surface area (Å²) < 4.78 is 14.7. The molecule has 1 aliphatic heterocycles. The number of phenols is 1. The Hall–Kier alpha value is -3.57. The fourth-order valence-electron chi connectivity index (χ4n) is 9.35. The van der Waals surface area contributed by atoms with Gasteiger partial charge in [0.25, 0.3) is 5.91 Å². The van der Waals surface area contributed by atoms with Crippen molar-refractivity contribution in [2.45, 2.75) is 57.1 Å². The first-order valence-electron chi connectivity index (χ1n) is 16.7. The summed E-state index contributed by atoms with van der Waals surface area (Å²) in [6, 6.07) is -0.180. The van der Waals surface area contributed by atoms with Crippen molar-refractivity contribution < 1.29 is 44.0 Å². The molecule has 2 aromatic carbocycles. The maximum Gasteiger partial charge on any atom is 0.255 e. The topological polar surface area (TPSA) is 206 Å². The van der Waals surface area contributed by atoms with Crippen LogP contribution in [0.15, 0.2) is 29.0 Å². The SMILES string of the molecule is COc1cc(OCCN2CCN(I)CC2)c2c(O)c3c(c4c2c1[C@]1(C4)C(C)=CCCC1(C)C)C(=O)[C@H]1[C@H](N)C(=O)C(C(N)=O)=C(O)[C@@]1(O)C3=O. The molecule has 1 fully saturated rings. The third kappa shape index (κ3) is 4.44. The number of Topliss-reactive ketones (excluding diaryl/α,β-unsaturated/α-hetero) is 3. The number of nitrogens with two attached hydrogens (primary N) is 2. The van der Waals surface area contributed by atoms with Gasteiger partial charge in [-0.3, -0.25) is 24.1 Å². The van der Waals surface area contributed by atoms with E-state index in [0.717, 1.165) is 50.2 Å². The monoisotopic (exact) mass is 800 g/mol. The van der Waals surface area contributed by atoms with Crippen molar-refractivity contribution in [2.24, 2.45) is 22.8 Å². The standard InChI is InChI=1S/C36H41IN4O9/c1-16-6-5-7-34(2,3)35(16)15-17-20-22(18(14-19(49-4)25(20)35)50-13-12-40-8-10-41(37)11-9-40)28(42)23-21(17)29(43)26-27(38)30(44)24(33(39)47)32(46)36(26,48)31(23)45/h6,14,26-27,42,46,48H,5,7-13,15,38H2,1-4H3,(H2,39,47)/t26-,27+,35+,36+/m1/s1. The molecular weight excluding hydrogens is 759 g/mol. The Morgan fingerprint density at radius 2 is 1.74 bits per heavy atom. The number of methoxy groups -OCH3 is 1. The largest absolute Gasteiger partial charge is 0.508 e. The van der Waals surface area contributed by atoms with Crippen molar-refractivity contribution in [3.8, 4) is 17.2 Å². The van der Waals surface area contributed by atoms with E-state index in [1.54, 1.807) is 13.2 Å². The third-order valence-corrected chi connectivity index (χ3v) is 13.0. The van der Waals surface area contributed by atoms with Crippen molar-refractivity contribution in [1.29, 1.82) is 0 Å². The number of ether oxygens (including phenoxy) is 2. The molecule has 0 radical (unpaired) electrons. The highest BCUT2D eigenvalue weighted by molar-refractivity contribution is 14.1. The molecule has 4 atom stereocenters. The molecule has 1 heterocycles. The molecule has 7 rings (SSSR count). The van der Waals surface area contributed by atoms with E-state index in [1.165, 1.54) is 0 Å². The third-order valence-electron chi connectivity index (χ3n) is 12.0. The highest BCUT2D eigenvalue weighted by atomic mass is 127. The van der Waals surface area contributed by atoms with Crippen LogP contribution in [0.1, 0.15) is 65.5 Å². The summed E-state index contributed by atoms with van der Waals surface area (Å²) >= 11 is 2.30. The molecule has 1 spiro atoms. The molecule has 1 saturated heterocycles. The van der Waals surface area contributed by atoms with E-state index in [0.29, 0.717) is 23.2 Å². The average molecular weight is 801 g/mol. The molecular formula is C36H41IN4O9. The lowest BCUT2D eigenvalue weighted by Gasteiger charge is -2.49. The summed E-state index contributed by atoms with van der Waals surface area (Å²) in [5.74, 6) is -8.04. The van der Waals surface area contributed by atoms with Crippen molar-refractivity contribution >= 4 is 56.9 Å². The average Bonchev–Trinajstić information content (AvgIpc) is 3.42. The van der Waals surface area contributed by atoms with E-state index >= 15 is 0 Å². The van der Waals surface area contributed by atoms with Crippen molar-refractivity contribution in [2.75, 3.05) is 46.4 Å². The van der Waals surface area contributed by atoms with Gasteiger partial charge >= 0.3 is 0 Å². The number of amides is 1. The van der Waals surface area contributed by atoms with Crippen LogP contribution in [0.4, 0.5) is 0 Å². The van der Waals surface area contributed by atoms with E-state index in [2.05, 4.69) is 50.8 Å². The van der Waals surface area contributed by atoms with Crippen LogP contribution in [0.25, 0.3) is 10.8 Å². The molecule has 14 heteroatoms. The van der Waals surface area contributed by atoms with Crippen molar-refractivity contribution in [1.82, 2.24) is 8.01 Å². The molecule has 266 valence electrons. The molecule has 2 aromatic rings. The number of allylic oxidation sites excluding steroid dienone is 2. The first-order chi connectivity index (χ1) is 23.5. The number of hydrogen-bond donors (Lipinski definition) is 5. The van der Waals surface area contributed by atoms with Crippen LogP contribution in [0.5, 0.6) is 17.2 Å². The summed E-state index contributed by atoms with van der Waals surface area (Å²) in [6.07, 6.45) is 4.02. The number of hydrogen-bond acceptors (Lipinski definition) is 12. The summed E-state index contributed by atoms with van der Waals surface area (Å²) in [7, 11) is 1.55. The second-order valence-electron chi connectivity index (χ2n) is 14.7. The van der Waals surface area contributed by atoms with Gasteiger partial charge in [-0.05, 0) is 37.2 Å². The predicted molar refractivity (Wildman–Crippen MR) is 191 cm³/mol. The number of aliphatic hydroxyl groups is 2. The maximum absolute atomic E-state index is 14.7. The minimum atomic E-state index is -3.13. The van der Waals surface area contributed by atoms with Crippen LogP contribution in [-0.4, -0.2) is 105 Å². The Kier molecular flexibility index (Phi) is 8.18. The van der Waals surface area contributed by atoms with Gasteiger partial charge in [0.05, 0.1) is 30.0 Å². The Balaban J connectivity index is 1.51. The van der Waals surface area contributed by atoms with Gasteiger partial charge < -0.3 is 36.3 Å². The molecule has 4 aliphatic carbocycles. The van der Waals surface area contributed by atoms with E-state index in [4.69, 9.17) is 20.9 Å². The van der Waals surface area contributed by atoms with Gasteiger partial charge in [-0.1, -0.05) is 25.5 Å². The molecule has 0 aromatic heterocycles. The number of ketones is 3. The Labute approximate surface area is 302 Å². The van der Waals surface area contributed by atoms with Gasteiger partial charge in [-0.2, -0.15) is 0 Å². The van der Waals surface area contributed by atoms with Gasteiger partial charge in [0.15, 0.2) is 17.2 Å². The maximum atomic E-state index is 14.7. The number of halogens is 1. The molecule has 1 amide bonds. The second-order valence-corrected chi connectivity index (χ2v) is 16.1. The molecule has 5 aliphatic rings. The first kappa shape index (κ1) is 34.9. The van der Waals surface area contributed by atoms with Gasteiger partial charge in [0.1, 0.15) is 35.2 Å². The van der Waals surface area contributed by atoms with Crippen LogP contribution >= 0.6 is 22.9 Å². The van der Waals surface area contributed by atoms with Crippen LogP contribution in [0.2, 0.25) is 0 Å². The summed E-state index contributed by atoms with van der Waals surface area (Å²) in [5, 5.41) is 36.0. The normalized spacial score (nSPS) is 29.3. The van der Waals surface area contributed by atoms with Crippen molar-refractivity contribution in [3.05, 3.63) is 51.3 Å². The van der Waals surface area contributed by atoms with Crippen LogP contribution in [0, 0.1) is 11.3 Å². The highest BCUT2D eigenvalue weighted by Gasteiger charge is 2.66. The number of aromatic hydroxyl groups is 1. The number of carbonyl (C=O) groups excluding carboxylic acids is 4. The number of fused-ring (bicyclic) bond motifs is 4. The fourth-order valence-corrected chi connectivity index (χ4v) is 9.78. The van der Waals surface area contributed by atoms with E-state index in [9.17, 15) is 34.5 Å². The zero-order valence-corrected chi connectivity index (χ0v) is 30.5. The Morgan fingerprint density at radius 1 is 1.06 bits per heavy atom. The van der Waals surface area contributed by atoms with Crippen LogP contribution < -0.4 is 20.9 Å². The zero-order chi connectivity index (χ0) is 36.2. The number of primary amides is 1. The quantitative estimate of drug-likeness (QED) is 0.124. The molecule has 0 saturated carbocycles. The number of carbonyl (C=O) groups is 4. The number of phenolic OH excluding ortho intramolecular Hbond substituents is 1. The zero-order valence-electron chi connectivity index (χ0n) is 28.4. The second kappa shape index (κ2) is 11.7. The number of aliphatic hydroxyl groups excluding tert-OH is 1. The summed E-state index contributed by atoms with van der Waals surface area (Å²) in [5.41, 5.74) is 7.73. The molecule has 13 nitrogen and oxygen atoms in total. The highest BCUT2D eigenvalue weighted by Crippen LogP contribution is 2.65. The molecule has 50 heavy (non-hydrogen) atoms. The van der Waals surface area contributed by atoms with Gasteiger partial charge in [-0.25, -0.2) is 3.11 Å². The smallest absolute Gasteiger partial charge is 0.255 e. The first-order valence-corrected chi connectivity index (χ1v) is 17.7. The van der Waals surface area contributed by atoms with E-state index in [-0.39, 0.29) is 29.7 Å². The lowest BCUT2D eigenvalue weighted by molar-refractivity contribution is -0.126. The van der Waals surface area contributed by atoms with Crippen LogP contribution in [0.3, 0.4) is 0 Å². The lowest BCUT2D eigenvalue weighted by atomic mass is 9.54. The fraction of sp³-hybridized carbons (Fsp3) is 0.500. The number of piperazine rings is 1.